The summed E-state index contributed by atoms with van der Waals surface area (Å²) in [5.74, 6) is -0.198. The van der Waals surface area contributed by atoms with E-state index in [1.54, 1.807) is 6.07 Å². The van der Waals surface area contributed by atoms with Crippen molar-refractivity contribution in [1.82, 2.24) is 0 Å². The van der Waals surface area contributed by atoms with Gasteiger partial charge in [-0.1, -0.05) is 24.3 Å². The Kier molecular flexibility index (Phi) is 3.36. The lowest BCUT2D eigenvalue weighted by Crippen LogP contribution is -2.27. The molecule has 19 heavy (non-hydrogen) atoms. The van der Waals surface area contributed by atoms with Crippen LogP contribution in [0.25, 0.3) is 0 Å². The summed E-state index contributed by atoms with van der Waals surface area (Å²) in [7, 11) is 0. The zero-order valence-corrected chi connectivity index (χ0v) is 10.8. The predicted octanol–water partition coefficient (Wildman–Crippen LogP) is 3.30. The van der Waals surface area contributed by atoms with Crippen LogP contribution >= 0.6 is 0 Å². The molecule has 0 bridgehead atoms. The smallest absolute Gasteiger partial charge is 0.125 e. The summed E-state index contributed by atoms with van der Waals surface area (Å²) in [5, 5.41) is 3.26. The van der Waals surface area contributed by atoms with E-state index in [1.807, 2.05) is 6.07 Å². The van der Waals surface area contributed by atoms with Crippen LogP contribution < -0.4 is 10.2 Å². The van der Waals surface area contributed by atoms with Gasteiger partial charge in [-0.25, -0.2) is 4.39 Å². The quantitative estimate of drug-likeness (QED) is 0.903. The standard InChI is InChI=1S/C16H17FN2/c17-14-5-3-6-15(12-14)18-9-11-19-10-8-13-4-1-2-7-16(13)19/h1-7,12,18H,8-11H2. The minimum atomic E-state index is -0.198. The van der Waals surface area contributed by atoms with Gasteiger partial charge >= 0.3 is 0 Å². The van der Waals surface area contributed by atoms with E-state index < -0.39 is 0 Å². The Balaban J connectivity index is 1.57. The van der Waals surface area contributed by atoms with E-state index >= 15 is 0 Å². The van der Waals surface area contributed by atoms with Gasteiger partial charge in [-0.15, -0.1) is 0 Å². The monoisotopic (exact) mass is 256 g/mol. The number of hydrogen-bond acceptors (Lipinski definition) is 2. The Morgan fingerprint density at radius 3 is 2.89 bits per heavy atom. The van der Waals surface area contributed by atoms with Gasteiger partial charge in [0.15, 0.2) is 0 Å². The predicted molar refractivity (Wildman–Crippen MR) is 77.2 cm³/mol. The van der Waals surface area contributed by atoms with Crippen molar-refractivity contribution in [3.8, 4) is 0 Å². The molecule has 0 fully saturated rings. The van der Waals surface area contributed by atoms with Crippen molar-refractivity contribution in [1.29, 1.82) is 0 Å². The van der Waals surface area contributed by atoms with Crippen LogP contribution in [0.3, 0.4) is 0 Å². The van der Waals surface area contributed by atoms with Gasteiger partial charge in [0.1, 0.15) is 5.82 Å². The van der Waals surface area contributed by atoms with Gasteiger partial charge in [-0.2, -0.15) is 0 Å². The molecular weight excluding hydrogens is 239 g/mol. The first kappa shape index (κ1) is 12.0. The normalized spacial score (nSPS) is 13.4. The fourth-order valence-electron chi connectivity index (χ4n) is 2.57. The van der Waals surface area contributed by atoms with Gasteiger partial charge < -0.3 is 10.2 Å². The number of nitrogens with one attached hydrogen (secondary N) is 1. The first-order chi connectivity index (χ1) is 9.33. The minimum absolute atomic E-state index is 0.198. The summed E-state index contributed by atoms with van der Waals surface area (Å²) in [5.41, 5.74) is 3.60. The molecule has 0 aliphatic carbocycles. The van der Waals surface area contributed by atoms with E-state index in [1.165, 1.54) is 23.4 Å². The lowest BCUT2D eigenvalue weighted by Gasteiger charge is -2.19. The van der Waals surface area contributed by atoms with E-state index in [0.717, 1.165) is 31.7 Å². The van der Waals surface area contributed by atoms with Gasteiger partial charge in [0.25, 0.3) is 0 Å². The second-order valence-electron chi connectivity index (χ2n) is 4.80. The second kappa shape index (κ2) is 5.31. The van der Waals surface area contributed by atoms with Crippen LogP contribution in [0.4, 0.5) is 15.8 Å². The third-order valence-corrected chi connectivity index (χ3v) is 3.52. The summed E-state index contributed by atoms with van der Waals surface area (Å²) in [6.45, 7) is 2.83. The molecule has 1 N–H and O–H groups in total. The molecule has 3 heteroatoms. The number of hydrogen-bond donors (Lipinski definition) is 1. The van der Waals surface area contributed by atoms with Gasteiger partial charge in [0.2, 0.25) is 0 Å². The third-order valence-electron chi connectivity index (χ3n) is 3.52. The van der Waals surface area contributed by atoms with Crippen LogP contribution in [-0.4, -0.2) is 19.6 Å². The molecule has 0 unspecified atom stereocenters. The third kappa shape index (κ3) is 2.70. The molecule has 0 aromatic heterocycles. The Labute approximate surface area is 112 Å². The number of fused-ring (bicyclic) bond motifs is 1. The molecule has 2 aromatic carbocycles. The SMILES string of the molecule is Fc1cccc(NCCN2CCc3ccccc32)c1. The molecule has 1 aliphatic heterocycles. The molecule has 2 aromatic rings. The number of rotatable bonds is 4. The molecule has 98 valence electrons. The minimum Gasteiger partial charge on any atom is -0.383 e. The second-order valence-corrected chi connectivity index (χ2v) is 4.80. The Morgan fingerprint density at radius 1 is 1.11 bits per heavy atom. The van der Waals surface area contributed by atoms with Crippen LogP contribution in [0, 0.1) is 5.82 Å². The molecule has 0 spiro atoms. The van der Waals surface area contributed by atoms with Crippen LogP contribution in [0.2, 0.25) is 0 Å². The number of para-hydroxylation sites is 1. The highest BCUT2D eigenvalue weighted by molar-refractivity contribution is 5.58. The van der Waals surface area contributed by atoms with Crippen LogP contribution in [-0.2, 0) is 6.42 Å². The zero-order chi connectivity index (χ0) is 13.1. The summed E-state index contributed by atoms with van der Waals surface area (Å²) in [6, 6.07) is 15.1. The Hall–Kier alpha value is -2.03. The number of anilines is 2. The topological polar surface area (TPSA) is 15.3 Å². The molecule has 1 aliphatic rings. The van der Waals surface area contributed by atoms with Gasteiger partial charge in [0.05, 0.1) is 0 Å². The summed E-state index contributed by atoms with van der Waals surface area (Å²) in [6.07, 6.45) is 1.12. The van der Waals surface area contributed by atoms with Crippen molar-refractivity contribution in [3.05, 3.63) is 59.9 Å². The van der Waals surface area contributed by atoms with Crippen molar-refractivity contribution >= 4 is 11.4 Å². The maximum absolute atomic E-state index is 13.0. The summed E-state index contributed by atoms with van der Waals surface area (Å²) >= 11 is 0. The zero-order valence-electron chi connectivity index (χ0n) is 10.8. The van der Waals surface area contributed by atoms with Crippen molar-refractivity contribution in [2.75, 3.05) is 29.9 Å². The van der Waals surface area contributed by atoms with Gasteiger partial charge in [0, 0.05) is 31.0 Å². The number of benzene rings is 2. The highest BCUT2D eigenvalue weighted by Crippen LogP contribution is 2.26. The molecule has 1 heterocycles. The van der Waals surface area contributed by atoms with E-state index in [0.29, 0.717) is 0 Å². The van der Waals surface area contributed by atoms with E-state index in [-0.39, 0.29) is 5.82 Å². The average Bonchev–Trinajstić information content (AvgIpc) is 2.83. The van der Waals surface area contributed by atoms with Crippen LogP contribution in [0.15, 0.2) is 48.5 Å². The first-order valence-electron chi connectivity index (χ1n) is 6.65. The van der Waals surface area contributed by atoms with Gasteiger partial charge in [-0.05, 0) is 36.2 Å². The van der Waals surface area contributed by atoms with Crippen LogP contribution in [0.1, 0.15) is 5.56 Å². The fraction of sp³-hybridized carbons (Fsp3) is 0.250. The fourth-order valence-corrected chi connectivity index (χ4v) is 2.57. The Morgan fingerprint density at radius 2 is 2.00 bits per heavy atom. The van der Waals surface area contributed by atoms with Crippen molar-refractivity contribution < 1.29 is 4.39 Å². The summed E-state index contributed by atoms with van der Waals surface area (Å²) in [4.78, 5) is 2.38. The Bertz CT molecular complexity index is 568. The van der Waals surface area contributed by atoms with Gasteiger partial charge in [-0.3, -0.25) is 0 Å². The molecular formula is C16H17FN2. The lowest BCUT2D eigenvalue weighted by atomic mass is 10.2. The maximum Gasteiger partial charge on any atom is 0.125 e. The molecule has 0 radical (unpaired) electrons. The van der Waals surface area contributed by atoms with E-state index in [9.17, 15) is 4.39 Å². The molecule has 0 atom stereocenters. The van der Waals surface area contributed by atoms with E-state index in [4.69, 9.17) is 0 Å². The van der Waals surface area contributed by atoms with Crippen molar-refractivity contribution in [2.24, 2.45) is 0 Å². The molecule has 0 saturated heterocycles. The largest absolute Gasteiger partial charge is 0.383 e. The molecule has 0 amide bonds. The molecule has 2 nitrogen and oxygen atoms in total. The number of halogens is 1. The average molecular weight is 256 g/mol. The molecule has 0 saturated carbocycles. The van der Waals surface area contributed by atoms with E-state index in [2.05, 4.69) is 34.5 Å². The maximum atomic E-state index is 13.0. The highest BCUT2D eigenvalue weighted by Gasteiger charge is 2.17. The number of nitrogens with zero attached hydrogens (tertiary/aromatic N) is 1. The summed E-state index contributed by atoms with van der Waals surface area (Å²) < 4.78 is 13.0. The van der Waals surface area contributed by atoms with Crippen molar-refractivity contribution in [2.45, 2.75) is 6.42 Å². The van der Waals surface area contributed by atoms with Crippen LogP contribution in [0.5, 0.6) is 0 Å². The molecule has 3 rings (SSSR count). The highest BCUT2D eigenvalue weighted by atomic mass is 19.1. The van der Waals surface area contributed by atoms with Crippen molar-refractivity contribution in [3.63, 3.8) is 0 Å². The lowest BCUT2D eigenvalue weighted by molar-refractivity contribution is 0.628. The first-order valence-corrected chi connectivity index (χ1v) is 6.65.